The number of nitrogens with one attached hydrogen (secondary N) is 1. The number of pyridine rings is 1. The smallest absolute Gasteiger partial charge is 0.387 e. The van der Waals surface area contributed by atoms with Crippen LogP contribution < -0.4 is 5.32 Å². The van der Waals surface area contributed by atoms with E-state index >= 15 is 0 Å². The van der Waals surface area contributed by atoms with Crippen LogP contribution in [0.15, 0.2) is 24.3 Å². The number of alkyl halides is 6. The molecule has 0 spiro atoms. The molecule has 2 atom stereocenters. The average Bonchev–Trinajstić information content (AvgIpc) is 2.87. The summed E-state index contributed by atoms with van der Waals surface area (Å²) in [6, 6.07) is 3.17. The van der Waals surface area contributed by atoms with E-state index in [1.807, 2.05) is 0 Å². The molecule has 1 aliphatic heterocycles. The topological polar surface area (TPSA) is 45.2 Å². The number of para-hydroxylation sites is 1. The average molecular weight is 392 g/mol. The summed E-state index contributed by atoms with van der Waals surface area (Å²) in [6.45, 7) is 0.588. The maximum absolute atomic E-state index is 13.3. The van der Waals surface area contributed by atoms with Crippen molar-refractivity contribution < 1.29 is 31.4 Å². The minimum Gasteiger partial charge on any atom is -0.387 e. The lowest BCUT2D eigenvalue weighted by atomic mass is 9.93. The Hall–Kier alpha value is -1.87. The number of hydrogen-bond donors (Lipinski definition) is 2. The first kappa shape index (κ1) is 19.9. The van der Waals surface area contributed by atoms with Gasteiger partial charge in [-0.3, -0.25) is 0 Å². The van der Waals surface area contributed by atoms with Crippen molar-refractivity contribution >= 4 is 10.9 Å². The summed E-state index contributed by atoms with van der Waals surface area (Å²) in [5, 5.41) is 13.7. The fourth-order valence-corrected chi connectivity index (χ4v) is 3.44. The van der Waals surface area contributed by atoms with Gasteiger partial charge in [-0.25, -0.2) is 4.98 Å². The van der Waals surface area contributed by atoms with E-state index in [-0.39, 0.29) is 10.9 Å². The Morgan fingerprint density at radius 1 is 1.04 bits per heavy atom. The van der Waals surface area contributed by atoms with Crippen LogP contribution in [-0.4, -0.2) is 22.7 Å². The van der Waals surface area contributed by atoms with Gasteiger partial charge in [0.2, 0.25) is 0 Å². The molecule has 27 heavy (non-hydrogen) atoms. The molecule has 0 amide bonds. The van der Waals surface area contributed by atoms with Crippen molar-refractivity contribution in [3.8, 4) is 0 Å². The highest BCUT2D eigenvalue weighted by Gasteiger charge is 2.38. The standard InChI is InChI=1S/C18H18F6N2O/c19-17(20,21)12-6-4-5-10-11(9-14(18(22,23)24)26-15(10)12)16(27)13-7-2-1-3-8-25-13/h4-6,9,13,16,25,27H,1-3,7-8H2. The predicted octanol–water partition coefficient (Wildman–Crippen LogP) is 4.84. The van der Waals surface area contributed by atoms with Gasteiger partial charge in [0.1, 0.15) is 5.69 Å². The molecule has 0 aliphatic carbocycles. The minimum absolute atomic E-state index is 0.128. The zero-order valence-corrected chi connectivity index (χ0v) is 14.2. The summed E-state index contributed by atoms with van der Waals surface area (Å²) in [7, 11) is 0. The Morgan fingerprint density at radius 2 is 1.78 bits per heavy atom. The molecule has 2 aromatic rings. The third-order valence-electron chi connectivity index (χ3n) is 4.77. The Morgan fingerprint density at radius 3 is 2.44 bits per heavy atom. The summed E-state index contributed by atoms with van der Waals surface area (Å²) in [6.07, 6.45) is -8.09. The van der Waals surface area contributed by atoms with Crippen molar-refractivity contribution in [2.75, 3.05) is 6.54 Å². The number of nitrogens with zero attached hydrogens (tertiary/aromatic N) is 1. The van der Waals surface area contributed by atoms with Crippen molar-refractivity contribution in [3.63, 3.8) is 0 Å². The van der Waals surface area contributed by atoms with Crippen LogP contribution in [0.3, 0.4) is 0 Å². The van der Waals surface area contributed by atoms with Gasteiger partial charge in [-0.05, 0) is 37.1 Å². The molecule has 148 valence electrons. The highest BCUT2D eigenvalue weighted by Crippen LogP contribution is 2.39. The van der Waals surface area contributed by atoms with Crippen molar-refractivity contribution in [1.29, 1.82) is 0 Å². The van der Waals surface area contributed by atoms with Gasteiger partial charge in [-0.2, -0.15) is 26.3 Å². The van der Waals surface area contributed by atoms with Gasteiger partial charge < -0.3 is 10.4 Å². The second-order valence-corrected chi connectivity index (χ2v) is 6.65. The third kappa shape index (κ3) is 4.19. The third-order valence-corrected chi connectivity index (χ3v) is 4.77. The molecule has 2 unspecified atom stereocenters. The summed E-state index contributed by atoms with van der Waals surface area (Å²) in [5.41, 5.74) is -3.71. The van der Waals surface area contributed by atoms with Crippen molar-refractivity contribution in [2.24, 2.45) is 0 Å². The van der Waals surface area contributed by atoms with E-state index in [9.17, 15) is 31.4 Å². The minimum atomic E-state index is -4.93. The molecule has 0 radical (unpaired) electrons. The molecule has 0 bridgehead atoms. The highest BCUT2D eigenvalue weighted by atomic mass is 19.4. The van der Waals surface area contributed by atoms with Gasteiger partial charge in [-0.1, -0.05) is 25.0 Å². The zero-order valence-electron chi connectivity index (χ0n) is 14.2. The Labute approximate surface area is 151 Å². The number of halogens is 6. The molecule has 2 heterocycles. The summed E-state index contributed by atoms with van der Waals surface area (Å²) < 4.78 is 79.6. The van der Waals surface area contributed by atoms with Crippen molar-refractivity contribution in [3.05, 3.63) is 41.1 Å². The number of rotatable bonds is 2. The molecule has 1 aromatic carbocycles. The first-order chi connectivity index (χ1) is 12.6. The number of benzene rings is 1. The maximum atomic E-state index is 13.3. The Balaban J connectivity index is 2.21. The van der Waals surface area contributed by atoms with Gasteiger partial charge in [0.05, 0.1) is 17.2 Å². The second-order valence-electron chi connectivity index (χ2n) is 6.65. The van der Waals surface area contributed by atoms with Gasteiger partial charge >= 0.3 is 12.4 Å². The van der Waals surface area contributed by atoms with Gasteiger partial charge in [0.25, 0.3) is 0 Å². The first-order valence-electron chi connectivity index (χ1n) is 8.58. The van der Waals surface area contributed by atoms with Crippen LogP contribution in [0.4, 0.5) is 26.3 Å². The predicted molar refractivity (Wildman–Crippen MR) is 87.0 cm³/mol. The normalized spacial score (nSPS) is 20.5. The molecule has 3 nitrogen and oxygen atoms in total. The molecule has 0 saturated carbocycles. The second kappa shape index (κ2) is 7.27. The van der Waals surface area contributed by atoms with Crippen LogP contribution in [0.2, 0.25) is 0 Å². The maximum Gasteiger partial charge on any atom is 0.433 e. The van der Waals surface area contributed by atoms with Gasteiger partial charge in [0.15, 0.2) is 0 Å². The lowest BCUT2D eigenvalue weighted by Gasteiger charge is -2.25. The highest BCUT2D eigenvalue weighted by molar-refractivity contribution is 5.86. The molecular weight excluding hydrogens is 374 g/mol. The van der Waals surface area contributed by atoms with Gasteiger partial charge in [0, 0.05) is 11.4 Å². The zero-order chi connectivity index (χ0) is 19.8. The SMILES string of the molecule is OC(c1cc(C(F)(F)F)nc2c(C(F)(F)F)cccc12)C1CCCCCN1. The van der Waals surface area contributed by atoms with E-state index in [0.29, 0.717) is 25.1 Å². The van der Waals surface area contributed by atoms with Crippen molar-refractivity contribution in [1.82, 2.24) is 10.3 Å². The van der Waals surface area contributed by atoms with Crippen molar-refractivity contribution in [2.45, 2.75) is 50.2 Å². The summed E-state index contributed by atoms with van der Waals surface area (Å²) in [4.78, 5) is 3.24. The molecule has 1 fully saturated rings. The lowest BCUT2D eigenvalue weighted by Crippen LogP contribution is -2.34. The van der Waals surface area contributed by atoms with Gasteiger partial charge in [-0.15, -0.1) is 0 Å². The van der Waals surface area contributed by atoms with E-state index in [2.05, 4.69) is 10.3 Å². The monoisotopic (exact) mass is 392 g/mol. The van der Waals surface area contributed by atoms with E-state index in [1.54, 1.807) is 0 Å². The molecule has 1 aliphatic rings. The quantitative estimate of drug-likeness (QED) is 0.719. The van der Waals surface area contributed by atoms with Crippen LogP contribution >= 0.6 is 0 Å². The molecule has 2 N–H and O–H groups in total. The number of fused-ring (bicyclic) bond motifs is 1. The number of aliphatic hydroxyl groups excluding tert-OH is 1. The van der Waals surface area contributed by atoms with Crippen LogP contribution in [0.5, 0.6) is 0 Å². The molecular formula is C18H18F6N2O. The summed E-state index contributed by atoms with van der Waals surface area (Å²) >= 11 is 0. The largest absolute Gasteiger partial charge is 0.433 e. The number of aliphatic hydroxyl groups is 1. The molecule has 1 saturated heterocycles. The fraction of sp³-hybridized carbons (Fsp3) is 0.500. The van der Waals surface area contributed by atoms with Crippen LogP contribution in [0.1, 0.15) is 48.6 Å². The lowest BCUT2D eigenvalue weighted by molar-refractivity contribution is -0.142. The van der Waals surface area contributed by atoms with Crippen LogP contribution in [0, 0.1) is 0 Å². The van der Waals surface area contributed by atoms with Crippen LogP contribution in [-0.2, 0) is 12.4 Å². The van der Waals surface area contributed by atoms with E-state index in [0.717, 1.165) is 25.3 Å². The molecule has 3 rings (SSSR count). The molecule has 1 aromatic heterocycles. The molecule has 9 heteroatoms. The summed E-state index contributed by atoms with van der Waals surface area (Å²) in [5.74, 6) is 0. The Kier molecular flexibility index (Phi) is 5.36. The fourth-order valence-electron chi connectivity index (χ4n) is 3.44. The number of aromatic nitrogens is 1. The van der Waals surface area contributed by atoms with Crippen LogP contribution in [0.25, 0.3) is 10.9 Å². The Bertz CT molecular complexity index is 810. The van der Waals surface area contributed by atoms with E-state index in [1.165, 1.54) is 6.07 Å². The first-order valence-corrected chi connectivity index (χ1v) is 8.58. The van der Waals surface area contributed by atoms with E-state index < -0.39 is 41.3 Å². The number of hydrogen-bond acceptors (Lipinski definition) is 3. The van der Waals surface area contributed by atoms with E-state index in [4.69, 9.17) is 0 Å².